The second-order valence-corrected chi connectivity index (χ2v) is 6.85. The van der Waals surface area contributed by atoms with Crippen LogP contribution in [0.2, 0.25) is 0 Å². The van der Waals surface area contributed by atoms with Crippen molar-refractivity contribution >= 4 is 11.8 Å². The smallest absolute Gasteiger partial charge is 0.276 e. The molecule has 1 aromatic rings. The van der Waals surface area contributed by atoms with Crippen LogP contribution in [0.5, 0.6) is 5.75 Å². The number of aryl methyl sites for hydroxylation is 2. The second kappa shape index (κ2) is 6.60. The van der Waals surface area contributed by atoms with Crippen LogP contribution in [-0.2, 0) is 9.59 Å². The zero-order valence-corrected chi connectivity index (χ0v) is 13.7. The Bertz CT molecular complexity index is 614. The van der Waals surface area contributed by atoms with Crippen LogP contribution < -0.4 is 15.6 Å². The van der Waals surface area contributed by atoms with Gasteiger partial charge < -0.3 is 4.74 Å². The van der Waals surface area contributed by atoms with Crippen molar-refractivity contribution in [2.75, 3.05) is 6.61 Å². The third-order valence-corrected chi connectivity index (χ3v) is 5.25. The number of rotatable bonds is 4. The third kappa shape index (κ3) is 3.66. The van der Waals surface area contributed by atoms with Gasteiger partial charge in [-0.1, -0.05) is 12.5 Å². The predicted octanol–water partition coefficient (Wildman–Crippen LogP) is 2.27. The summed E-state index contributed by atoms with van der Waals surface area (Å²) in [7, 11) is 0. The van der Waals surface area contributed by atoms with Gasteiger partial charge in [-0.25, -0.2) is 0 Å². The van der Waals surface area contributed by atoms with E-state index in [2.05, 4.69) is 10.9 Å². The Hall–Kier alpha value is -2.04. The van der Waals surface area contributed by atoms with E-state index >= 15 is 0 Å². The van der Waals surface area contributed by atoms with Crippen molar-refractivity contribution in [3.63, 3.8) is 0 Å². The number of hydrogen-bond donors (Lipinski definition) is 2. The molecule has 2 aliphatic carbocycles. The summed E-state index contributed by atoms with van der Waals surface area (Å²) >= 11 is 0. The molecular formula is C18H24N2O3. The Balaban J connectivity index is 1.41. The Morgan fingerprint density at radius 2 is 1.96 bits per heavy atom. The summed E-state index contributed by atoms with van der Waals surface area (Å²) in [5.74, 6) is 1.53. The first-order valence-corrected chi connectivity index (χ1v) is 8.31. The molecule has 5 nitrogen and oxygen atoms in total. The quantitative estimate of drug-likeness (QED) is 0.837. The lowest BCUT2D eigenvalue weighted by Crippen LogP contribution is -2.47. The summed E-state index contributed by atoms with van der Waals surface area (Å²) in [6, 6.07) is 5.69. The van der Waals surface area contributed by atoms with Crippen LogP contribution in [-0.4, -0.2) is 18.4 Å². The fraction of sp³-hybridized carbons (Fsp3) is 0.556. The molecule has 2 amide bonds. The van der Waals surface area contributed by atoms with Crippen molar-refractivity contribution in [2.24, 2.45) is 17.8 Å². The van der Waals surface area contributed by atoms with Gasteiger partial charge in [0, 0.05) is 5.92 Å². The largest absolute Gasteiger partial charge is 0.484 e. The minimum absolute atomic E-state index is 0.0586. The predicted molar refractivity (Wildman–Crippen MR) is 86.6 cm³/mol. The van der Waals surface area contributed by atoms with Crippen LogP contribution in [0.15, 0.2) is 18.2 Å². The van der Waals surface area contributed by atoms with Crippen molar-refractivity contribution in [3.8, 4) is 5.75 Å². The summed E-state index contributed by atoms with van der Waals surface area (Å²) in [5, 5.41) is 0. The molecule has 0 heterocycles. The maximum atomic E-state index is 12.1. The lowest BCUT2D eigenvalue weighted by molar-refractivity contribution is -0.133. The Morgan fingerprint density at radius 3 is 2.61 bits per heavy atom. The number of ether oxygens (including phenoxy) is 1. The zero-order valence-electron chi connectivity index (χ0n) is 13.7. The van der Waals surface area contributed by atoms with Crippen LogP contribution in [0.4, 0.5) is 0 Å². The van der Waals surface area contributed by atoms with Gasteiger partial charge in [0.05, 0.1) is 0 Å². The van der Waals surface area contributed by atoms with E-state index in [1.165, 1.54) is 18.4 Å². The SMILES string of the molecule is Cc1ccc(OCC(=O)NNC(=O)C2CC3CCC2C3)cc1C. The van der Waals surface area contributed by atoms with Crippen LogP contribution >= 0.6 is 0 Å². The van der Waals surface area contributed by atoms with Crippen molar-refractivity contribution in [1.82, 2.24) is 10.9 Å². The average Bonchev–Trinajstić information content (AvgIpc) is 3.16. The molecule has 2 fully saturated rings. The molecule has 0 aliphatic heterocycles. The van der Waals surface area contributed by atoms with E-state index in [-0.39, 0.29) is 24.3 Å². The lowest BCUT2D eigenvalue weighted by Gasteiger charge is -2.20. The molecule has 3 rings (SSSR count). The van der Waals surface area contributed by atoms with Gasteiger partial charge in [0.15, 0.2) is 6.61 Å². The van der Waals surface area contributed by atoms with Crippen LogP contribution in [0.25, 0.3) is 0 Å². The number of nitrogens with one attached hydrogen (secondary N) is 2. The average molecular weight is 316 g/mol. The normalized spacial score (nSPS) is 25.2. The first kappa shape index (κ1) is 15.8. The molecule has 2 bridgehead atoms. The molecule has 3 unspecified atom stereocenters. The highest BCUT2D eigenvalue weighted by Gasteiger charge is 2.43. The minimum Gasteiger partial charge on any atom is -0.484 e. The van der Waals surface area contributed by atoms with Gasteiger partial charge in [0.25, 0.3) is 5.91 Å². The molecule has 3 atom stereocenters. The van der Waals surface area contributed by atoms with Crippen LogP contribution in [0.3, 0.4) is 0 Å². The molecule has 5 heteroatoms. The summed E-state index contributed by atoms with van der Waals surface area (Å²) in [6.45, 7) is 3.91. The van der Waals surface area contributed by atoms with Gasteiger partial charge in [-0.3, -0.25) is 20.4 Å². The van der Waals surface area contributed by atoms with E-state index in [4.69, 9.17) is 4.74 Å². The van der Waals surface area contributed by atoms with Gasteiger partial charge >= 0.3 is 0 Å². The van der Waals surface area contributed by atoms with Crippen LogP contribution in [0, 0.1) is 31.6 Å². The lowest BCUT2D eigenvalue weighted by atomic mass is 9.88. The Labute approximate surface area is 136 Å². The standard InChI is InChI=1S/C18H24N2O3/c1-11-3-6-15(7-12(11)2)23-10-17(21)19-20-18(22)16-9-13-4-5-14(16)8-13/h3,6-7,13-14,16H,4-5,8-10H2,1-2H3,(H,19,21)(H,20,22). The van der Waals surface area contributed by atoms with Crippen molar-refractivity contribution in [3.05, 3.63) is 29.3 Å². The topological polar surface area (TPSA) is 67.4 Å². The fourth-order valence-corrected chi connectivity index (χ4v) is 3.78. The Kier molecular flexibility index (Phi) is 4.55. The highest BCUT2D eigenvalue weighted by Crippen LogP contribution is 2.48. The van der Waals surface area contributed by atoms with Gasteiger partial charge in [0.2, 0.25) is 5.91 Å². The van der Waals surface area contributed by atoms with E-state index in [0.29, 0.717) is 17.6 Å². The Morgan fingerprint density at radius 1 is 1.13 bits per heavy atom. The summed E-state index contributed by atoms with van der Waals surface area (Å²) in [5.41, 5.74) is 7.30. The molecule has 124 valence electrons. The van der Waals surface area contributed by atoms with E-state index < -0.39 is 0 Å². The number of carbonyl (C=O) groups is 2. The number of carbonyl (C=O) groups excluding carboxylic acids is 2. The third-order valence-electron chi connectivity index (χ3n) is 5.25. The van der Waals surface area contributed by atoms with E-state index in [9.17, 15) is 9.59 Å². The number of amides is 2. The maximum Gasteiger partial charge on any atom is 0.276 e. The zero-order chi connectivity index (χ0) is 16.4. The fourth-order valence-electron chi connectivity index (χ4n) is 3.78. The molecule has 0 aromatic heterocycles. The van der Waals surface area contributed by atoms with Gasteiger partial charge in [-0.2, -0.15) is 0 Å². The summed E-state index contributed by atoms with van der Waals surface area (Å²) in [4.78, 5) is 23.9. The maximum absolute atomic E-state index is 12.1. The molecular weight excluding hydrogens is 292 g/mol. The van der Waals surface area contributed by atoms with Crippen molar-refractivity contribution in [2.45, 2.75) is 39.5 Å². The number of benzene rings is 1. The van der Waals surface area contributed by atoms with Gasteiger partial charge in [-0.15, -0.1) is 0 Å². The highest BCUT2D eigenvalue weighted by molar-refractivity contribution is 5.84. The molecule has 23 heavy (non-hydrogen) atoms. The van der Waals surface area contributed by atoms with Crippen molar-refractivity contribution in [1.29, 1.82) is 0 Å². The monoisotopic (exact) mass is 316 g/mol. The number of hydrogen-bond acceptors (Lipinski definition) is 3. The molecule has 0 spiro atoms. The molecule has 0 radical (unpaired) electrons. The van der Waals surface area contributed by atoms with Gasteiger partial charge in [0.1, 0.15) is 5.75 Å². The van der Waals surface area contributed by atoms with Crippen LogP contribution in [0.1, 0.15) is 36.8 Å². The molecule has 1 aromatic carbocycles. The minimum atomic E-state index is -0.347. The number of fused-ring (bicyclic) bond motifs is 2. The summed E-state index contributed by atoms with van der Waals surface area (Å²) in [6.07, 6.45) is 4.53. The number of hydrazine groups is 1. The first-order chi connectivity index (χ1) is 11.0. The molecule has 2 saturated carbocycles. The molecule has 0 saturated heterocycles. The van der Waals surface area contributed by atoms with Gasteiger partial charge in [-0.05, 0) is 68.2 Å². The van der Waals surface area contributed by atoms with E-state index in [1.807, 2.05) is 32.0 Å². The van der Waals surface area contributed by atoms with E-state index in [1.54, 1.807) is 0 Å². The molecule has 2 N–H and O–H groups in total. The molecule has 2 aliphatic rings. The first-order valence-electron chi connectivity index (χ1n) is 8.31. The van der Waals surface area contributed by atoms with E-state index in [0.717, 1.165) is 18.4 Å². The second-order valence-electron chi connectivity index (χ2n) is 6.85. The summed E-state index contributed by atoms with van der Waals surface area (Å²) < 4.78 is 5.45. The van der Waals surface area contributed by atoms with Crippen molar-refractivity contribution < 1.29 is 14.3 Å². The highest BCUT2D eigenvalue weighted by atomic mass is 16.5.